The van der Waals surface area contributed by atoms with Crippen molar-refractivity contribution in [2.75, 3.05) is 0 Å². The number of rotatable bonds is 3. The second-order valence-electron chi connectivity index (χ2n) is 4.30. The average Bonchev–Trinajstić information content (AvgIpc) is 2.91. The molecule has 3 rings (SSSR count). The lowest BCUT2D eigenvalue weighted by Gasteiger charge is -2.07. The van der Waals surface area contributed by atoms with Gasteiger partial charge in [-0.2, -0.15) is 0 Å². The van der Waals surface area contributed by atoms with Crippen molar-refractivity contribution in [3.05, 3.63) is 39.6 Å². The summed E-state index contributed by atoms with van der Waals surface area (Å²) >= 11 is 1.89. The minimum absolute atomic E-state index is 0.0850. The molecule has 3 N–H and O–H groups in total. The highest BCUT2D eigenvalue weighted by molar-refractivity contribution is 7.12. The van der Waals surface area contributed by atoms with Gasteiger partial charge in [-0.25, -0.2) is 4.98 Å². The highest BCUT2D eigenvalue weighted by atomic mass is 32.1. The zero-order valence-corrected chi connectivity index (χ0v) is 9.89. The molecule has 2 heterocycles. The van der Waals surface area contributed by atoms with Crippen molar-refractivity contribution in [2.45, 2.75) is 31.7 Å². The van der Waals surface area contributed by atoms with E-state index in [-0.39, 0.29) is 6.04 Å². The number of nitrogens with zero attached hydrogens (tertiary/aromatic N) is 1. The number of aromatic amines is 1. The van der Waals surface area contributed by atoms with Gasteiger partial charge in [0.1, 0.15) is 5.82 Å². The predicted octanol–water partition coefficient (Wildman–Crippen LogP) is 2.20. The third-order valence-electron chi connectivity index (χ3n) is 3.10. The fourth-order valence-electron chi connectivity index (χ4n) is 2.25. The molecule has 0 saturated carbocycles. The first kappa shape index (κ1) is 10.1. The number of hydrogen-bond donors (Lipinski definition) is 2. The van der Waals surface area contributed by atoms with Crippen LogP contribution in [-0.4, -0.2) is 9.97 Å². The molecule has 1 aliphatic carbocycles. The van der Waals surface area contributed by atoms with Crippen molar-refractivity contribution in [1.29, 1.82) is 0 Å². The number of hydrogen-bond acceptors (Lipinski definition) is 3. The van der Waals surface area contributed by atoms with Gasteiger partial charge >= 0.3 is 0 Å². The molecule has 0 saturated heterocycles. The van der Waals surface area contributed by atoms with Crippen molar-refractivity contribution in [1.82, 2.24) is 9.97 Å². The van der Waals surface area contributed by atoms with Crippen molar-refractivity contribution in [2.24, 2.45) is 5.73 Å². The van der Waals surface area contributed by atoms with E-state index < -0.39 is 0 Å². The molecule has 1 aliphatic rings. The van der Waals surface area contributed by atoms with Gasteiger partial charge in [0, 0.05) is 34.6 Å². The molecule has 2 aromatic rings. The van der Waals surface area contributed by atoms with Crippen molar-refractivity contribution in [3.63, 3.8) is 0 Å². The van der Waals surface area contributed by atoms with Gasteiger partial charge in [-0.1, -0.05) is 0 Å². The Bertz CT molecular complexity index is 451. The molecule has 0 amide bonds. The maximum absolute atomic E-state index is 6.20. The summed E-state index contributed by atoms with van der Waals surface area (Å²) in [6, 6.07) is 2.38. The van der Waals surface area contributed by atoms with Crippen LogP contribution in [0.3, 0.4) is 0 Å². The van der Waals surface area contributed by atoms with E-state index >= 15 is 0 Å². The Hall–Kier alpha value is -1.13. The lowest BCUT2D eigenvalue weighted by Crippen LogP contribution is -2.12. The van der Waals surface area contributed by atoms with E-state index in [1.165, 1.54) is 29.7 Å². The van der Waals surface area contributed by atoms with Crippen LogP contribution in [0.5, 0.6) is 0 Å². The topological polar surface area (TPSA) is 54.7 Å². The van der Waals surface area contributed by atoms with Gasteiger partial charge in [-0.15, -0.1) is 11.3 Å². The largest absolute Gasteiger partial charge is 0.349 e. The number of nitrogens with two attached hydrogens (primary N) is 1. The molecule has 16 heavy (non-hydrogen) atoms. The zero-order valence-electron chi connectivity index (χ0n) is 9.07. The summed E-state index contributed by atoms with van der Waals surface area (Å²) in [5.41, 5.74) is 7.72. The van der Waals surface area contributed by atoms with E-state index in [9.17, 15) is 0 Å². The average molecular weight is 233 g/mol. The van der Waals surface area contributed by atoms with Crippen LogP contribution < -0.4 is 5.73 Å². The zero-order chi connectivity index (χ0) is 11.0. The quantitative estimate of drug-likeness (QED) is 0.854. The van der Waals surface area contributed by atoms with Gasteiger partial charge in [0.2, 0.25) is 0 Å². The van der Waals surface area contributed by atoms with Crippen LogP contribution in [0.1, 0.15) is 33.6 Å². The van der Waals surface area contributed by atoms with E-state index in [0.29, 0.717) is 0 Å². The molecule has 4 heteroatoms. The lowest BCUT2D eigenvalue weighted by molar-refractivity contribution is 0.706. The van der Waals surface area contributed by atoms with Gasteiger partial charge in [0.15, 0.2) is 0 Å². The molecule has 0 aliphatic heterocycles. The first-order valence-electron chi connectivity index (χ1n) is 5.68. The van der Waals surface area contributed by atoms with E-state index in [0.717, 1.165) is 12.2 Å². The minimum Gasteiger partial charge on any atom is -0.349 e. The van der Waals surface area contributed by atoms with E-state index in [2.05, 4.69) is 16.0 Å². The maximum atomic E-state index is 6.20. The Morgan fingerprint density at radius 3 is 3.19 bits per heavy atom. The molecule has 0 spiro atoms. The van der Waals surface area contributed by atoms with Gasteiger partial charge in [0.05, 0.1) is 0 Å². The summed E-state index contributed by atoms with van der Waals surface area (Å²) in [6.45, 7) is 0. The fraction of sp³-hybridized carbons (Fsp3) is 0.417. The second kappa shape index (κ2) is 4.03. The van der Waals surface area contributed by atoms with Gasteiger partial charge in [-0.3, -0.25) is 0 Å². The number of nitrogens with one attached hydrogen (secondary N) is 1. The normalized spacial score (nSPS) is 16.3. The lowest BCUT2D eigenvalue weighted by atomic mass is 10.1. The molecule has 2 aromatic heterocycles. The molecule has 0 fully saturated rings. The summed E-state index contributed by atoms with van der Waals surface area (Å²) in [7, 11) is 0. The molecule has 0 aromatic carbocycles. The summed E-state index contributed by atoms with van der Waals surface area (Å²) in [5.74, 6) is 0.973. The van der Waals surface area contributed by atoms with Gasteiger partial charge in [0.25, 0.3) is 0 Å². The summed E-state index contributed by atoms with van der Waals surface area (Å²) < 4.78 is 0. The maximum Gasteiger partial charge on any atom is 0.107 e. The molecule has 3 nitrogen and oxygen atoms in total. The van der Waals surface area contributed by atoms with E-state index in [1.54, 1.807) is 11.1 Å². The Balaban J connectivity index is 1.76. The molecule has 0 radical (unpaired) electrons. The van der Waals surface area contributed by atoms with E-state index in [1.807, 2.05) is 17.5 Å². The summed E-state index contributed by atoms with van der Waals surface area (Å²) in [4.78, 5) is 10.2. The smallest absolute Gasteiger partial charge is 0.107 e. The highest BCUT2D eigenvalue weighted by Gasteiger charge is 2.18. The fourth-order valence-corrected chi connectivity index (χ4v) is 3.51. The standard InChI is InChI=1S/C12H15N3S/c13-9(7-12-14-4-5-15-12)11-6-8-2-1-3-10(8)16-11/h4-6,9H,1-3,7,13H2,(H,14,15). The third-order valence-corrected chi connectivity index (χ3v) is 4.47. The number of aromatic nitrogens is 2. The number of imidazole rings is 1. The molecule has 1 unspecified atom stereocenters. The first-order chi connectivity index (χ1) is 7.83. The SMILES string of the molecule is NC(Cc1ncc[nH]1)c1cc2c(s1)CCC2. The third kappa shape index (κ3) is 1.79. The van der Waals surface area contributed by atoms with E-state index in [4.69, 9.17) is 5.73 Å². The molecule has 0 bridgehead atoms. The number of H-pyrrole nitrogens is 1. The Labute approximate surface area is 98.7 Å². The first-order valence-corrected chi connectivity index (χ1v) is 6.50. The van der Waals surface area contributed by atoms with Crippen LogP contribution in [0.15, 0.2) is 18.5 Å². The monoisotopic (exact) mass is 233 g/mol. The Kier molecular flexibility index (Phi) is 2.53. The van der Waals surface area contributed by atoms with Crippen molar-refractivity contribution >= 4 is 11.3 Å². The van der Waals surface area contributed by atoms with Crippen LogP contribution in [-0.2, 0) is 19.3 Å². The summed E-state index contributed by atoms with van der Waals surface area (Å²) in [6.07, 6.45) is 8.21. The minimum atomic E-state index is 0.0850. The Morgan fingerprint density at radius 1 is 1.50 bits per heavy atom. The van der Waals surface area contributed by atoms with Crippen LogP contribution in [0, 0.1) is 0 Å². The number of thiophene rings is 1. The van der Waals surface area contributed by atoms with Crippen LogP contribution in [0.25, 0.3) is 0 Å². The van der Waals surface area contributed by atoms with Gasteiger partial charge < -0.3 is 10.7 Å². The predicted molar refractivity (Wildman–Crippen MR) is 65.6 cm³/mol. The molecule has 1 atom stereocenters. The van der Waals surface area contributed by atoms with Gasteiger partial charge in [-0.05, 0) is 30.9 Å². The van der Waals surface area contributed by atoms with Crippen LogP contribution in [0.4, 0.5) is 0 Å². The molecular weight excluding hydrogens is 218 g/mol. The number of fused-ring (bicyclic) bond motifs is 1. The number of aryl methyl sites for hydroxylation is 2. The second-order valence-corrected chi connectivity index (χ2v) is 5.47. The highest BCUT2D eigenvalue weighted by Crippen LogP contribution is 2.33. The molecule has 84 valence electrons. The Morgan fingerprint density at radius 2 is 2.44 bits per heavy atom. The van der Waals surface area contributed by atoms with Crippen LogP contribution in [0.2, 0.25) is 0 Å². The summed E-state index contributed by atoms with van der Waals surface area (Å²) in [5, 5.41) is 0. The molecular formula is C12H15N3S. The van der Waals surface area contributed by atoms with Crippen molar-refractivity contribution < 1.29 is 0 Å². The van der Waals surface area contributed by atoms with Crippen molar-refractivity contribution in [3.8, 4) is 0 Å². The van der Waals surface area contributed by atoms with Crippen LogP contribution >= 0.6 is 11.3 Å².